The van der Waals surface area contributed by atoms with Gasteiger partial charge in [0.1, 0.15) is 0 Å². The van der Waals surface area contributed by atoms with E-state index in [4.69, 9.17) is 15.5 Å². The summed E-state index contributed by atoms with van der Waals surface area (Å²) in [7, 11) is 0. The lowest BCUT2D eigenvalue weighted by molar-refractivity contribution is 0.112. The molecule has 2 unspecified atom stereocenters. The number of hydrogen-bond acceptors (Lipinski definition) is 5. The maximum absolute atomic E-state index is 11.7. The summed E-state index contributed by atoms with van der Waals surface area (Å²) >= 11 is 1.64. The Labute approximate surface area is 138 Å². The van der Waals surface area contributed by atoms with Crippen LogP contribution in [-0.2, 0) is 4.74 Å². The summed E-state index contributed by atoms with van der Waals surface area (Å²) in [5.74, 6) is 0. The number of carbonyl (C=O) groups excluding carboxylic acids is 1. The van der Waals surface area contributed by atoms with Gasteiger partial charge in [-0.2, -0.15) is 0 Å². The van der Waals surface area contributed by atoms with Crippen molar-refractivity contribution in [1.82, 2.24) is 10.2 Å². The fourth-order valence-electron chi connectivity index (χ4n) is 2.19. The lowest BCUT2D eigenvalue weighted by Crippen LogP contribution is -2.44. The molecule has 128 valence electrons. The summed E-state index contributed by atoms with van der Waals surface area (Å²) in [6.45, 7) is 9.51. The summed E-state index contributed by atoms with van der Waals surface area (Å²) in [6.07, 6.45) is 3.53. The first-order valence-electron chi connectivity index (χ1n) is 7.93. The van der Waals surface area contributed by atoms with Gasteiger partial charge in [0, 0.05) is 19.1 Å². The summed E-state index contributed by atoms with van der Waals surface area (Å²) in [4.78, 5) is 18.7. The molecule has 1 rings (SSSR count). The Bertz CT molecular complexity index is 382. The zero-order valence-electron chi connectivity index (χ0n) is 14.3. The topological polar surface area (TPSA) is 80.0 Å². The average Bonchev–Trinajstić information content (AvgIpc) is 2.44. The molecular formula is C15H30N4O2S. The van der Waals surface area contributed by atoms with Gasteiger partial charge in [0.25, 0.3) is 0 Å². The monoisotopic (exact) mass is 330 g/mol. The molecule has 0 aliphatic carbocycles. The molecule has 0 spiro atoms. The molecule has 3 N–H and O–H groups in total. The predicted molar refractivity (Wildman–Crippen MR) is 93.4 cm³/mol. The van der Waals surface area contributed by atoms with E-state index in [0.29, 0.717) is 6.04 Å². The number of carbonyl (C=O) groups is 1. The Hall–Kier alpha value is -0.950. The van der Waals surface area contributed by atoms with Gasteiger partial charge >= 0.3 is 6.09 Å². The zero-order valence-corrected chi connectivity index (χ0v) is 15.2. The fourth-order valence-corrected chi connectivity index (χ4v) is 2.91. The first-order valence-corrected chi connectivity index (χ1v) is 9.15. The van der Waals surface area contributed by atoms with Crippen molar-refractivity contribution < 1.29 is 9.53 Å². The van der Waals surface area contributed by atoms with Crippen molar-refractivity contribution in [3.63, 3.8) is 0 Å². The van der Waals surface area contributed by atoms with Gasteiger partial charge in [-0.05, 0) is 46.8 Å². The molecule has 1 heterocycles. The van der Waals surface area contributed by atoms with E-state index in [9.17, 15) is 4.79 Å². The number of aliphatic imine (C=N–C) groups is 1. The molecule has 1 fully saturated rings. The van der Waals surface area contributed by atoms with Gasteiger partial charge in [-0.25, -0.2) is 4.79 Å². The highest BCUT2D eigenvalue weighted by atomic mass is 32.2. The number of amides is 1. The molecule has 0 aromatic rings. The molecule has 0 aromatic carbocycles. The average molecular weight is 330 g/mol. The predicted octanol–water partition coefficient (Wildman–Crippen LogP) is 2.04. The van der Waals surface area contributed by atoms with Crippen molar-refractivity contribution in [3.05, 3.63) is 0 Å². The van der Waals surface area contributed by atoms with Crippen LogP contribution in [0.2, 0.25) is 0 Å². The number of rotatable bonds is 4. The van der Waals surface area contributed by atoms with E-state index >= 15 is 0 Å². The fraction of sp³-hybridized carbons (Fsp3) is 0.867. The van der Waals surface area contributed by atoms with Crippen LogP contribution in [0, 0.1) is 0 Å². The Morgan fingerprint density at radius 1 is 1.32 bits per heavy atom. The van der Waals surface area contributed by atoms with E-state index in [-0.39, 0.29) is 24.3 Å². The van der Waals surface area contributed by atoms with Gasteiger partial charge in [0.05, 0.1) is 18.2 Å². The number of nitrogens with zero attached hydrogens (tertiary/aromatic N) is 2. The van der Waals surface area contributed by atoms with E-state index in [1.807, 2.05) is 34.0 Å². The molecule has 1 amide bonds. The molecule has 7 heteroatoms. The Kier molecular flexibility index (Phi) is 8.03. The van der Waals surface area contributed by atoms with Crippen molar-refractivity contribution in [2.45, 2.75) is 64.8 Å². The molecule has 0 bridgehead atoms. The van der Waals surface area contributed by atoms with Gasteiger partial charge in [-0.3, -0.25) is 4.99 Å². The minimum atomic E-state index is -0.390. The highest BCUT2D eigenvalue weighted by Gasteiger charge is 2.21. The molecular weight excluding hydrogens is 300 g/mol. The smallest absolute Gasteiger partial charge is 0.407 e. The normalized spacial score (nSPS) is 20.0. The summed E-state index contributed by atoms with van der Waals surface area (Å²) in [5.41, 5.74) is 5.95. The maximum Gasteiger partial charge on any atom is 0.407 e. The van der Waals surface area contributed by atoms with Crippen LogP contribution < -0.4 is 11.1 Å². The molecule has 1 aliphatic heterocycles. The number of ether oxygens (including phenoxy) is 1. The third-order valence-electron chi connectivity index (χ3n) is 3.72. The number of piperidine rings is 1. The van der Waals surface area contributed by atoms with Crippen LogP contribution in [0.3, 0.4) is 0 Å². The Morgan fingerprint density at radius 2 is 1.91 bits per heavy atom. The maximum atomic E-state index is 11.7. The van der Waals surface area contributed by atoms with Crippen molar-refractivity contribution in [2.24, 2.45) is 10.7 Å². The van der Waals surface area contributed by atoms with Crippen LogP contribution >= 0.6 is 11.8 Å². The number of thioether (sulfide) groups is 1. The SMILES string of the molecule is CS/C(=N\C(C)C(C)NC(=O)OC(C)C)N1CCC(N)CC1. The first kappa shape index (κ1) is 19.1. The van der Waals surface area contributed by atoms with Crippen LogP contribution in [0.1, 0.15) is 40.5 Å². The van der Waals surface area contributed by atoms with Crippen LogP contribution in [0.25, 0.3) is 0 Å². The Balaban J connectivity index is 2.57. The van der Waals surface area contributed by atoms with Crippen molar-refractivity contribution in [2.75, 3.05) is 19.3 Å². The van der Waals surface area contributed by atoms with Crippen molar-refractivity contribution in [1.29, 1.82) is 0 Å². The summed E-state index contributed by atoms with van der Waals surface area (Å²) < 4.78 is 5.10. The molecule has 6 nitrogen and oxygen atoms in total. The van der Waals surface area contributed by atoms with Gasteiger partial charge in [-0.15, -0.1) is 0 Å². The number of nitrogens with one attached hydrogen (secondary N) is 1. The number of amidine groups is 1. The molecule has 2 atom stereocenters. The van der Waals surface area contributed by atoms with Gasteiger partial charge in [0.2, 0.25) is 0 Å². The largest absolute Gasteiger partial charge is 0.447 e. The quantitative estimate of drug-likeness (QED) is 0.609. The highest BCUT2D eigenvalue weighted by Crippen LogP contribution is 2.15. The van der Waals surface area contributed by atoms with Crippen LogP contribution in [0.15, 0.2) is 4.99 Å². The standard InChI is InChI=1S/C15H30N4O2S/c1-10(2)21-15(20)18-12(4)11(3)17-14(22-5)19-8-6-13(16)7-9-19/h10-13H,6-9,16H2,1-5H3,(H,18,20)/b17-14-. The van der Waals surface area contributed by atoms with Crippen molar-refractivity contribution in [3.8, 4) is 0 Å². The van der Waals surface area contributed by atoms with E-state index < -0.39 is 0 Å². The molecule has 1 saturated heterocycles. The molecule has 0 radical (unpaired) electrons. The van der Waals surface area contributed by atoms with E-state index in [2.05, 4.69) is 10.2 Å². The van der Waals surface area contributed by atoms with Gasteiger partial charge in [-0.1, -0.05) is 11.8 Å². The lowest BCUT2D eigenvalue weighted by atomic mass is 10.1. The van der Waals surface area contributed by atoms with Gasteiger partial charge < -0.3 is 20.7 Å². The molecule has 1 aliphatic rings. The second kappa shape index (κ2) is 9.25. The summed E-state index contributed by atoms with van der Waals surface area (Å²) in [6, 6.07) is 0.210. The van der Waals surface area contributed by atoms with Gasteiger partial charge in [0.15, 0.2) is 5.17 Å². The number of alkyl carbamates (subject to hydrolysis) is 1. The number of nitrogens with two attached hydrogens (primary N) is 1. The van der Waals surface area contributed by atoms with Crippen molar-refractivity contribution >= 4 is 23.0 Å². The lowest BCUT2D eigenvalue weighted by Gasteiger charge is -2.32. The second-order valence-corrected chi connectivity index (χ2v) is 6.84. The third kappa shape index (κ3) is 6.44. The second-order valence-electron chi connectivity index (χ2n) is 6.07. The van der Waals surface area contributed by atoms with E-state index in [1.54, 1.807) is 11.8 Å². The zero-order chi connectivity index (χ0) is 16.7. The molecule has 22 heavy (non-hydrogen) atoms. The van der Waals surface area contributed by atoms with Crippen LogP contribution in [0.5, 0.6) is 0 Å². The molecule has 0 aromatic heterocycles. The highest BCUT2D eigenvalue weighted by molar-refractivity contribution is 8.13. The third-order valence-corrected chi connectivity index (χ3v) is 4.45. The van der Waals surface area contributed by atoms with E-state index in [0.717, 1.165) is 31.1 Å². The minimum absolute atomic E-state index is 0.0160. The minimum Gasteiger partial charge on any atom is -0.447 e. The summed E-state index contributed by atoms with van der Waals surface area (Å²) in [5, 5.41) is 3.85. The first-order chi connectivity index (χ1) is 10.3. The van der Waals surface area contributed by atoms with Crippen LogP contribution in [0.4, 0.5) is 4.79 Å². The number of hydrogen-bond donors (Lipinski definition) is 2. The number of likely N-dealkylation sites (tertiary alicyclic amines) is 1. The van der Waals surface area contributed by atoms with E-state index in [1.165, 1.54) is 0 Å². The molecule has 0 saturated carbocycles. The van der Waals surface area contributed by atoms with Crippen LogP contribution in [-0.4, -0.2) is 59.7 Å². The Morgan fingerprint density at radius 3 is 2.41 bits per heavy atom.